The van der Waals surface area contributed by atoms with Gasteiger partial charge in [-0.05, 0) is 50.9 Å². The Morgan fingerprint density at radius 3 is 2.40 bits per heavy atom. The van der Waals surface area contributed by atoms with Crippen molar-refractivity contribution in [1.82, 2.24) is 5.32 Å². The molecule has 4 fully saturated rings. The van der Waals surface area contributed by atoms with Crippen molar-refractivity contribution in [2.24, 2.45) is 16.2 Å². The highest BCUT2D eigenvalue weighted by Crippen LogP contribution is 2.37. The molecule has 1 spiro atoms. The predicted molar refractivity (Wildman–Crippen MR) is 118 cm³/mol. The molecule has 0 bridgehead atoms. The normalized spacial score (nSPS) is 35.5. The molecule has 30 heavy (non-hydrogen) atoms. The number of ether oxygens (including phenoxy) is 1. The summed E-state index contributed by atoms with van der Waals surface area (Å²) in [5.74, 6) is 1.65. The first-order valence-corrected chi connectivity index (χ1v) is 14.0. The first-order chi connectivity index (χ1) is 14.5. The van der Waals surface area contributed by atoms with Crippen LogP contribution in [-0.4, -0.2) is 45.8 Å². The summed E-state index contributed by atoms with van der Waals surface area (Å²) in [6.07, 6.45) is 13.6. The molecule has 2 saturated carbocycles. The summed E-state index contributed by atoms with van der Waals surface area (Å²) in [7, 11) is -2.46. The largest absolute Gasteiger partial charge is 0.375 e. The van der Waals surface area contributed by atoms with Crippen molar-refractivity contribution >= 4 is 21.5 Å². The van der Waals surface area contributed by atoms with Crippen LogP contribution in [0.4, 0.5) is 0 Å². The van der Waals surface area contributed by atoms with Crippen molar-refractivity contribution < 1.29 is 18.5 Å². The van der Waals surface area contributed by atoms with Crippen LogP contribution in [-0.2, 0) is 24.1 Å². The first kappa shape index (κ1) is 22.3. The van der Waals surface area contributed by atoms with Gasteiger partial charge in [0.05, 0.1) is 15.3 Å². The van der Waals surface area contributed by atoms with Gasteiger partial charge in [-0.2, -0.15) is 4.36 Å². The molecule has 4 rings (SSSR count). The van der Waals surface area contributed by atoms with Gasteiger partial charge in [0.1, 0.15) is 0 Å². The Labute approximate surface area is 181 Å². The Balaban J connectivity index is 1.28. The monoisotopic (exact) mass is 438 g/mol. The number of hydrogen-bond donors (Lipinski definition) is 1. The summed E-state index contributed by atoms with van der Waals surface area (Å²) in [5.41, 5.74) is -0.311. The van der Waals surface area contributed by atoms with Gasteiger partial charge < -0.3 is 10.1 Å². The summed E-state index contributed by atoms with van der Waals surface area (Å²) in [4.78, 5) is 24.9. The molecule has 1 unspecified atom stereocenters. The van der Waals surface area contributed by atoms with E-state index >= 15 is 0 Å². The van der Waals surface area contributed by atoms with Crippen molar-refractivity contribution in [2.75, 3.05) is 18.1 Å². The number of carbonyl (C=O) groups excluding carboxylic acids is 2. The number of carbonyl (C=O) groups is 2. The highest BCUT2D eigenvalue weighted by atomic mass is 32.2. The van der Waals surface area contributed by atoms with Crippen LogP contribution in [0.2, 0.25) is 0 Å². The van der Waals surface area contributed by atoms with Crippen LogP contribution in [0.25, 0.3) is 0 Å². The fourth-order valence-electron chi connectivity index (χ4n) is 5.51. The molecule has 0 aromatic heterocycles. The zero-order valence-corrected chi connectivity index (χ0v) is 19.1. The van der Waals surface area contributed by atoms with E-state index < -0.39 is 9.73 Å². The molecule has 170 valence electrons. The van der Waals surface area contributed by atoms with Gasteiger partial charge in [0.15, 0.2) is 0 Å². The van der Waals surface area contributed by atoms with Crippen molar-refractivity contribution in [3.63, 3.8) is 0 Å². The maximum atomic E-state index is 13.2. The lowest BCUT2D eigenvalue weighted by molar-refractivity contribution is -0.126. The van der Waals surface area contributed by atoms with Crippen molar-refractivity contribution in [3.8, 4) is 0 Å². The second-order valence-corrected chi connectivity index (χ2v) is 12.6. The Morgan fingerprint density at radius 2 is 1.73 bits per heavy atom. The maximum Gasteiger partial charge on any atom is 0.256 e. The van der Waals surface area contributed by atoms with Crippen LogP contribution in [0.5, 0.6) is 0 Å². The summed E-state index contributed by atoms with van der Waals surface area (Å²) in [6, 6.07) is 0.141. The molecule has 2 aliphatic heterocycles. The third kappa shape index (κ3) is 5.64. The van der Waals surface area contributed by atoms with Crippen molar-refractivity contribution in [3.05, 3.63) is 0 Å². The van der Waals surface area contributed by atoms with Crippen LogP contribution >= 0.6 is 0 Å². The molecule has 2 saturated heterocycles. The zero-order chi connectivity index (χ0) is 21.0. The highest BCUT2D eigenvalue weighted by Gasteiger charge is 2.42. The highest BCUT2D eigenvalue weighted by molar-refractivity contribution is 7.93. The minimum atomic E-state index is -2.46. The third-order valence-corrected chi connectivity index (χ3v) is 10.0. The lowest BCUT2D eigenvalue weighted by atomic mass is 9.82. The standard InChI is InChI=1S/C23H38N2O4S/c26-21(10-9-18-5-4-6-18)24-20-11-14-29-23(17-20)12-15-30(28,16-13-23)25-22(27)19-7-2-1-3-8-19/h18-20H,1-17H2,(H,24,26). The molecular formula is C23H38N2O4S. The van der Waals surface area contributed by atoms with Gasteiger partial charge in [0, 0.05) is 36.5 Å². The van der Waals surface area contributed by atoms with Gasteiger partial charge in [-0.3, -0.25) is 9.59 Å². The molecule has 4 aliphatic rings. The van der Waals surface area contributed by atoms with E-state index in [1.54, 1.807) is 0 Å². The molecule has 1 N–H and O–H groups in total. The van der Waals surface area contributed by atoms with E-state index in [-0.39, 0.29) is 29.4 Å². The molecule has 0 radical (unpaired) electrons. The van der Waals surface area contributed by atoms with E-state index in [4.69, 9.17) is 4.74 Å². The van der Waals surface area contributed by atoms with Gasteiger partial charge >= 0.3 is 0 Å². The molecule has 2 heterocycles. The SMILES string of the molecule is O=C(CCC1CCC1)NC1CCOC2(CCS(=O)(=NC(=O)C3CCCCC3)CC2)C1. The van der Waals surface area contributed by atoms with E-state index in [1.165, 1.54) is 25.7 Å². The third-order valence-electron chi connectivity index (χ3n) is 7.83. The summed E-state index contributed by atoms with van der Waals surface area (Å²) in [5, 5.41) is 3.22. The minimum absolute atomic E-state index is 0.0154. The molecule has 7 heteroatoms. The Hall–Kier alpha value is -0.950. The van der Waals surface area contributed by atoms with Crippen LogP contribution in [0, 0.1) is 11.8 Å². The van der Waals surface area contributed by atoms with Crippen molar-refractivity contribution in [2.45, 2.75) is 102 Å². The average molecular weight is 439 g/mol. The Morgan fingerprint density at radius 1 is 1.00 bits per heavy atom. The van der Waals surface area contributed by atoms with Gasteiger partial charge in [-0.1, -0.05) is 38.5 Å². The van der Waals surface area contributed by atoms with E-state index in [1.807, 2.05) is 0 Å². The molecular weight excluding hydrogens is 400 g/mol. The molecule has 0 aromatic carbocycles. The van der Waals surface area contributed by atoms with Crippen LogP contribution in [0.15, 0.2) is 4.36 Å². The van der Waals surface area contributed by atoms with Gasteiger partial charge in [-0.15, -0.1) is 0 Å². The topological polar surface area (TPSA) is 84.8 Å². The fourth-order valence-corrected chi connectivity index (χ4v) is 7.76. The van der Waals surface area contributed by atoms with Gasteiger partial charge in [0.2, 0.25) is 5.91 Å². The van der Waals surface area contributed by atoms with Crippen LogP contribution in [0.1, 0.15) is 89.9 Å². The van der Waals surface area contributed by atoms with E-state index in [0.717, 1.165) is 50.9 Å². The van der Waals surface area contributed by atoms with Gasteiger partial charge in [-0.25, -0.2) is 4.21 Å². The van der Waals surface area contributed by atoms with Crippen LogP contribution in [0.3, 0.4) is 0 Å². The molecule has 0 aromatic rings. The molecule has 1 atom stereocenters. The Kier molecular flexibility index (Phi) is 7.18. The second kappa shape index (κ2) is 9.68. The predicted octanol–water partition coefficient (Wildman–Crippen LogP) is 3.97. The molecule has 6 nitrogen and oxygen atoms in total. The summed E-state index contributed by atoms with van der Waals surface area (Å²) >= 11 is 0. The number of rotatable bonds is 5. The minimum Gasteiger partial charge on any atom is -0.375 e. The van der Waals surface area contributed by atoms with Gasteiger partial charge in [0.25, 0.3) is 5.91 Å². The van der Waals surface area contributed by atoms with E-state index in [9.17, 15) is 13.8 Å². The van der Waals surface area contributed by atoms with E-state index in [2.05, 4.69) is 9.68 Å². The fraction of sp³-hybridized carbons (Fsp3) is 0.913. The Bertz CT molecular complexity index is 734. The van der Waals surface area contributed by atoms with E-state index in [0.29, 0.717) is 37.4 Å². The van der Waals surface area contributed by atoms with Crippen molar-refractivity contribution in [1.29, 1.82) is 0 Å². The summed E-state index contributed by atoms with van der Waals surface area (Å²) in [6.45, 7) is 0.632. The number of amides is 2. The summed E-state index contributed by atoms with van der Waals surface area (Å²) < 4.78 is 23.6. The molecule has 2 amide bonds. The smallest absolute Gasteiger partial charge is 0.256 e. The maximum absolute atomic E-state index is 13.2. The first-order valence-electron chi connectivity index (χ1n) is 12.2. The number of nitrogens with one attached hydrogen (secondary N) is 1. The van der Waals surface area contributed by atoms with Crippen LogP contribution < -0.4 is 5.32 Å². The zero-order valence-electron chi connectivity index (χ0n) is 18.2. The lowest BCUT2D eigenvalue weighted by Crippen LogP contribution is -2.52. The number of nitrogens with zero attached hydrogens (tertiary/aromatic N) is 1. The second-order valence-electron chi connectivity index (χ2n) is 10.1. The number of hydrogen-bond acceptors (Lipinski definition) is 4. The quantitative estimate of drug-likeness (QED) is 0.704. The lowest BCUT2D eigenvalue weighted by Gasteiger charge is -2.44. The molecule has 2 aliphatic carbocycles. The average Bonchev–Trinajstić information content (AvgIpc) is 2.70.